The van der Waals surface area contributed by atoms with Gasteiger partial charge in [-0.25, -0.2) is 4.90 Å². The highest BCUT2D eigenvalue weighted by molar-refractivity contribution is 6.35. The summed E-state index contributed by atoms with van der Waals surface area (Å²) in [7, 11) is 0. The van der Waals surface area contributed by atoms with Crippen LogP contribution in [0.3, 0.4) is 0 Å². The van der Waals surface area contributed by atoms with E-state index in [0.717, 1.165) is 60.0 Å². The van der Waals surface area contributed by atoms with Crippen LogP contribution in [-0.2, 0) is 14.3 Å². The van der Waals surface area contributed by atoms with Crippen LogP contribution >= 0.6 is 0 Å². The Balaban J connectivity index is 1.51. The maximum Gasteiger partial charge on any atom is 0.266 e. The molecule has 1 aromatic carbocycles. The van der Waals surface area contributed by atoms with Crippen molar-refractivity contribution in [1.29, 1.82) is 0 Å². The minimum Gasteiger partial charge on any atom is -0.487 e. The van der Waals surface area contributed by atoms with E-state index in [2.05, 4.69) is 13.0 Å². The number of fused-ring (bicyclic) bond motifs is 1. The zero-order chi connectivity index (χ0) is 22.0. The van der Waals surface area contributed by atoms with E-state index in [4.69, 9.17) is 4.74 Å². The third-order valence-electron chi connectivity index (χ3n) is 9.73. The molecule has 0 saturated heterocycles. The fourth-order valence-corrected chi connectivity index (χ4v) is 9.08. The zero-order valence-electron chi connectivity index (χ0n) is 19.0. The predicted molar refractivity (Wildman–Crippen MR) is 121 cm³/mol. The third-order valence-corrected chi connectivity index (χ3v) is 9.73. The Morgan fingerprint density at radius 1 is 0.906 bits per heavy atom. The second kappa shape index (κ2) is 5.84. The summed E-state index contributed by atoms with van der Waals surface area (Å²) in [6.45, 7) is 6.25. The van der Waals surface area contributed by atoms with Crippen molar-refractivity contribution < 1.29 is 14.3 Å². The molecule has 5 aliphatic carbocycles. The number of nitrogens with zero attached hydrogens (tertiary/aromatic N) is 1. The summed E-state index contributed by atoms with van der Waals surface area (Å²) in [6, 6.07) is 9.43. The summed E-state index contributed by atoms with van der Waals surface area (Å²) in [5, 5.41) is 0. The van der Waals surface area contributed by atoms with Crippen LogP contribution in [0, 0.1) is 29.1 Å². The first-order valence-electron chi connectivity index (χ1n) is 12.1. The molecule has 1 spiro atoms. The first-order chi connectivity index (χ1) is 15.4. The number of amides is 2. The number of anilines is 1. The fraction of sp³-hybridized carbons (Fsp3) is 0.500. The topological polar surface area (TPSA) is 46.6 Å². The molecule has 4 saturated carbocycles. The van der Waals surface area contributed by atoms with E-state index in [1.165, 1.54) is 11.3 Å². The molecule has 2 heterocycles. The third kappa shape index (κ3) is 1.93. The van der Waals surface area contributed by atoms with E-state index < -0.39 is 11.0 Å². The molecule has 1 atom stereocenters. The van der Waals surface area contributed by atoms with Crippen LogP contribution in [0.5, 0.6) is 0 Å². The molecule has 0 aromatic heterocycles. The molecule has 4 fully saturated rings. The van der Waals surface area contributed by atoms with Gasteiger partial charge in [0.1, 0.15) is 5.60 Å². The first-order valence-corrected chi connectivity index (χ1v) is 12.1. The van der Waals surface area contributed by atoms with Crippen molar-refractivity contribution in [3.8, 4) is 0 Å². The Morgan fingerprint density at radius 2 is 1.53 bits per heavy atom. The Labute approximate surface area is 189 Å². The maximum atomic E-state index is 14.3. The van der Waals surface area contributed by atoms with Gasteiger partial charge in [-0.3, -0.25) is 9.59 Å². The summed E-state index contributed by atoms with van der Waals surface area (Å²) in [6.07, 6.45) is 8.09. The minimum absolute atomic E-state index is 0.114. The molecular weight excluding hydrogens is 398 g/mol. The summed E-state index contributed by atoms with van der Waals surface area (Å²) >= 11 is 0. The van der Waals surface area contributed by atoms with E-state index in [-0.39, 0.29) is 11.8 Å². The molecule has 4 heteroatoms. The highest BCUT2D eigenvalue weighted by atomic mass is 16.5. The van der Waals surface area contributed by atoms with Gasteiger partial charge in [0.15, 0.2) is 0 Å². The number of carbonyl (C=O) groups excluding carboxylic acids is 2. The van der Waals surface area contributed by atoms with Gasteiger partial charge in [0.2, 0.25) is 0 Å². The van der Waals surface area contributed by atoms with E-state index in [1.54, 1.807) is 0 Å². The zero-order valence-corrected chi connectivity index (χ0v) is 19.0. The van der Waals surface area contributed by atoms with Gasteiger partial charge >= 0.3 is 0 Å². The largest absolute Gasteiger partial charge is 0.487 e. The van der Waals surface area contributed by atoms with Crippen molar-refractivity contribution in [2.24, 2.45) is 29.1 Å². The standard InChI is InChI=1S/C28H29NO3/c1-15-9-22-16(2)23-24(26(31)29(25(23)30)21-7-5-4-6-8-21)28(27(22,3)32-15)19-11-17-10-18(13-19)14-20(28)12-17/h4-9,17-20H,10-14H2,1-3H3/t17?,18?,19?,20?,27-,28?/m1/s1. The fourth-order valence-electron chi connectivity index (χ4n) is 9.08. The van der Waals surface area contributed by atoms with Gasteiger partial charge in [0.05, 0.1) is 22.4 Å². The van der Waals surface area contributed by atoms with Gasteiger partial charge in [0.25, 0.3) is 11.8 Å². The smallest absolute Gasteiger partial charge is 0.266 e. The SMILES string of the molecule is CC1=CC2=C(C)C3=C(C(=O)N(c4ccccc4)C3=O)C3(C4CC5CC(C4)CC3C5)[C@]2(C)O1. The molecule has 0 unspecified atom stereocenters. The first kappa shape index (κ1) is 18.9. The normalized spacial score (nSPS) is 41.5. The number of allylic oxidation sites excluding steroid dienone is 1. The van der Waals surface area contributed by atoms with E-state index >= 15 is 0 Å². The van der Waals surface area contributed by atoms with Gasteiger partial charge < -0.3 is 4.74 Å². The molecule has 32 heavy (non-hydrogen) atoms. The molecule has 1 aromatic rings. The molecule has 164 valence electrons. The molecule has 8 rings (SSSR count). The number of benzene rings is 1. The maximum absolute atomic E-state index is 14.3. The van der Waals surface area contributed by atoms with E-state index in [1.807, 2.05) is 44.2 Å². The quantitative estimate of drug-likeness (QED) is 0.570. The second-order valence-corrected chi connectivity index (χ2v) is 11.1. The molecule has 0 radical (unpaired) electrons. The summed E-state index contributed by atoms with van der Waals surface area (Å²) in [5.74, 6) is 2.94. The van der Waals surface area contributed by atoms with Crippen molar-refractivity contribution in [3.05, 3.63) is 64.5 Å². The number of ether oxygens (including phenoxy) is 1. The number of rotatable bonds is 1. The molecule has 0 N–H and O–H groups in total. The van der Waals surface area contributed by atoms with Gasteiger partial charge in [0, 0.05) is 11.1 Å². The number of para-hydroxylation sites is 1. The Morgan fingerprint density at radius 3 is 2.16 bits per heavy atom. The van der Waals surface area contributed by atoms with Gasteiger partial charge in [-0.2, -0.15) is 0 Å². The number of hydrogen-bond donors (Lipinski definition) is 0. The van der Waals surface area contributed by atoms with Gasteiger partial charge in [-0.1, -0.05) is 18.2 Å². The van der Waals surface area contributed by atoms with Crippen molar-refractivity contribution >= 4 is 17.5 Å². The Bertz CT molecular complexity index is 1160. The molecule has 7 aliphatic rings. The highest BCUT2D eigenvalue weighted by Gasteiger charge is 2.73. The predicted octanol–water partition coefficient (Wildman–Crippen LogP) is 5.32. The monoisotopic (exact) mass is 427 g/mol. The lowest BCUT2D eigenvalue weighted by Gasteiger charge is -2.67. The number of imide groups is 1. The Hall–Kier alpha value is -2.62. The molecular formula is C28H29NO3. The lowest BCUT2D eigenvalue weighted by atomic mass is 9.37. The Kier molecular flexibility index (Phi) is 3.45. The van der Waals surface area contributed by atoms with Crippen molar-refractivity contribution in [2.45, 2.75) is 58.5 Å². The summed E-state index contributed by atoms with van der Waals surface area (Å²) < 4.78 is 6.72. The van der Waals surface area contributed by atoms with Crippen LogP contribution in [0.15, 0.2) is 64.5 Å². The van der Waals surface area contributed by atoms with Crippen molar-refractivity contribution in [1.82, 2.24) is 0 Å². The molecule has 2 aliphatic heterocycles. The van der Waals surface area contributed by atoms with E-state index in [0.29, 0.717) is 23.1 Å². The average Bonchev–Trinajstić information content (AvgIpc) is 3.21. The second-order valence-electron chi connectivity index (χ2n) is 11.1. The summed E-state index contributed by atoms with van der Waals surface area (Å²) in [5.41, 5.74) is 3.14. The molecule has 2 amide bonds. The van der Waals surface area contributed by atoms with Crippen molar-refractivity contribution in [2.75, 3.05) is 4.90 Å². The van der Waals surface area contributed by atoms with E-state index in [9.17, 15) is 9.59 Å². The van der Waals surface area contributed by atoms with Crippen LogP contribution in [-0.4, -0.2) is 17.4 Å². The summed E-state index contributed by atoms with van der Waals surface area (Å²) in [4.78, 5) is 29.6. The van der Waals surface area contributed by atoms with Crippen LogP contribution in [0.1, 0.15) is 52.9 Å². The number of hydrogen-bond acceptors (Lipinski definition) is 3. The van der Waals surface area contributed by atoms with Crippen LogP contribution in [0.4, 0.5) is 5.69 Å². The van der Waals surface area contributed by atoms with Gasteiger partial charge in [-0.15, -0.1) is 0 Å². The highest BCUT2D eigenvalue weighted by Crippen LogP contribution is 2.73. The van der Waals surface area contributed by atoms with Crippen LogP contribution in [0.25, 0.3) is 0 Å². The average molecular weight is 428 g/mol. The van der Waals surface area contributed by atoms with Crippen LogP contribution < -0.4 is 4.90 Å². The molecule has 4 nitrogen and oxygen atoms in total. The lowest BCUT2D eigenvalue weighted by Crippen LogP contribution is -2.66. The van der Waals surface area contributed by atoms with Crippen molar-refractivity contribution in [3.63, 3.8) is 0 Å². The van der Waals surface area contributed by atoms with Gasteiger partial charge in [-0.05, 0) is 100 Å². The number of carbonyl (C=O) groups is 2. The minimum atomic E-state index is -0.578. The van der Waals surface area contributed by atoms with Crippen LogP contribution in [0.2, 0.25) is 0 Å². The molecule has 4 bridgehead atoms. The lowest BCUT2D eigenvalue weighted by molar-refractivity contribution is -0.179.